The highest BCUT2D eigenvalue weighted by Crippen LogP contribution is 2.49. The number of hydrogen-bond acceptors (Lipinski definition) is 1. The molecule has 2 bridgehead atoms. The summed E-state index contributed by atoms with van der Waals surface area (Å²) in [5, 5.41) is 3.31. The van der Waals surface area contributed by atoms with E-state index >= 15 is 0 Å². The van der Waals surface area contributed by atoms with Gasteiger partial charge in [0, 0.05) is 19.1 Å². The van der Waals surface area contributed by atoms with Crippen molar-refractivity contribution >= 4 is 6.03 Å². The first-order chi connectivity index (χ1) is 10.1. The van der Waals surface area contributed by atoms with Gasteiger partial charge in [-0.3, -0.25) is 0 Å². The second-order valence-electron chi connectivity index (χ2n) is 7.83. The van der Waals surface area contributed by atoms with Gasteiger partial charge in [-0.2, -0.15) is 0 Å². The van der Waals surface area contributed by atoms with Crippen LogP contribution in [0.4, 0.5) is 4.79 Å². The van der Waals surface area contributed by atoms with E-state index in [4.69, 9.17) is 0 Å². The smallest absolute Gasteiger partial charge is 0.317 e. The van der Waals surface area contributed by atoms with Crippen molar-refractivity contribution in [2.45, 2.75) is 83.2 Å². The summed E-state index contributed by atoms with van der Waals surface area (Å²) in [6.45, 7) is 2.23. The van der Waals surface area contributed by atoms with E-state index in [0.29, 0.717) is 12.1 Å². The molecule has 3 nitrogen and oxygen atoms in total. The fourth-order valence-electron chi connectivity index (χ4n) is 5.12. The number of urea groups is 1. The van der Waals surface area contributed by atoms with Gasteiger partial charge in [-0.25, -0.2) is 4.79 Å². The van der Waals surface area contributed by atoms with Crippen molar-refractivity contribution in [3.63, 3.8) is 0 Å². The van der Waals surface area contributed by atoms with Crippen LogP contribution in [0.15, 0.2) is 0 Å². The zero-order chi connectivity index (χ0) is 14.8. The van der Waals surface area contributed by atoms with Gasteiger partial charge in [0.15, 0.2) is 0 Å². The normalized spacial score (nSPS) is 34.5. The Labute approximate surface area is 129 Å². The topological polar surface area (TPSA) is 32.3 Å². The van der Waals surface area contributed by atoms with Crippen LogP contribution >= 0.6 is 0 Å². The molecular formula is C18H32N2O. The summed E-state index contributed by atoms with van der Waals surface area (Å²) in [6.07, 6.45) is 13.2. The lowest BCUT2D eigenvalue weighted by Crippen LogP contribution is -2.49. The van der Waals surface area contributed by atoms with Gasteiger partial charge in [0.1, 0.15) is 0 Å². The molecule has 1 N–H and O–H groups in total. The Bertz CT molecular complexity index is 362. The zero-order valence-corrected chi connectivity index (χ0v) is 13.8. The minimum atomic E-state index is 0.164. The van der Waals surface area contributed by atoms with E-state index in [0.717, 1.165) is 17.8 Å². The number of hydrogen-bond donors (Lipinski definition) is 1. The molecule has 3 saturated carbocycles. The van der Waals surface area contributed by atoms with Crippen LogP contribution in [0.5, 0.6) is 0 Å². The lowest BCUT2D eigenvalue weighted by atomic mass is 9.84. The summed E-state index contributed by atoms with van der Waals surface area (Å²) in [4.78, 5) is 14.5. The van der Waals surface area contributed by atoms with Crippen molar-refractivity contribution in [2.24, 2.45) is 17.8 Å². The van der Waals surface area contributed by atoms with Crippen LogP contribution in [0.25, 0.3) is 0 Å². The predicted molar refractivity (Wildman–Crippen MR) is 86.2 cm³/mol. The third-order valence-corrected chi connectivity index (χ3v) is 6.48. The molecular weight excluding hydrogens is 260 g/mol. The average molecular weight is 292 g/mol. The van der Waals surface area contributed by atoms with Crippen LogP contribution in [0, 0.1) is 17.8 Å². The number of fused-ring (bicyclic) bond motifs is 2. The van der Waals surface area contributed by atoms with Crippen molar-refractivity contribution in [3.8, 4) is 0 Å². The molecule has 21 heavy (non-hydrogen) atoms. The van der Waals surface area contributed by atoms with Gasteiger partial charge in [-0.15, -0.1) is 0 Å². The van der Waals surface area contributed by atoms with E-state index in [1.807, 2.05) is 11.9 Å². The highest BCUT2D eigenvalue weighted by Gasteiger charge is 2.42. The van der Waals surface area contributed by atoms with E-state index in [1.165, 1.54) is 64.2 Å². The zero-order valence-electron chi connectivity index (χ0n) is 13.8. The van der Waals surface area contributed by atoms with E-state index < -0.39 is 0 Å². The summed E-state index contributed by atoms with van der Waals surface area (Å²) in [5.74, 6) is 2.57. The maximum atomic E-state index is 12.5. The van der Waals surface area contributed by atoms with Gasteiger partial charge >= 0.3 is 6.03 Å². The SMILES string of the molecule is CC(NC(=O)N(C)C1CCCCCC1)C1CC2CCC1C2. The molecule has 0 spiro atoms. The molecule has 0 aliphatic heterocycles. The van der Waals surface area contributed by atoms with Crippen molar-refractivity contribution in [2.75, 3.05) is 7.05 Å². The van der Waals surface area contributed by atoms with Crippen molar-refractivity contribution < 1.29 is 4.79 Å². The molecule has 3 fully saturated rings. The fraction of sp³-hybridized carbons (Fsp3) is 0.944. The van der Waals surface area contributed by atoms with Gasteiger partial charge in [-0.05, 0) is 56.8 Å². The van der Waals surface area contributed by atoms with Crippen molar-refractivity contribution in [1.29, 1.82) is 0 Å². The van der Waals surface area contributed by atoms with E-state index in [1.54, 1.807) is 0 Å². The van der Waals surface area contributed by atoms with Crippen LogP contribution in [0.3, 0.4) is 0 Å². The Balaban J connectivity index is 1.50. The lowest BCUT2D eigenvalue weighted by molar-refractivity contribution is 0.171. The standard InChI is InChI=1S/C18H32N2O/c1-13(17-12-14-9-10-15(17)11-14)19-18(21)20(2)16-7-5-3-4-6-8-16/h13-17H,3-12H2,1-2H3,(H,19,21). The first-order valence-corrected chi connectivity index (χ1v) is 9.18. The summed E-state index contributed by atoms with van der Waals surface area (Å²) in [5.41, 5.74) is 0. The van der Waals surface area contributed by atoms with Crippen molar-refractivity contribution in [1.82, 2.24) is 10.2 Å². The summed E-state index contributed by atoms with van der Waals surface area (Å²) in [6, 6.07) is 0.970. The highest BCUT2D eigenvalue weighted by molar-refractivity contribution is 5.74. The van der Waals surface area contributed by atoms with Gasteiger partial charge < -0.3 is 10.2 Å². The molecule has 4 unspecified atom stereocenters. The second-order valence-corrected chi connectivity index (χ2v) is 7.83. The molecule has 4 atom stereocenters. The Morgan fingerprint density at radius 1 is 1.05 bits per heavy atom. The molecule has 3 aliphatic rings. The van der Waals surface area contributed by atoms with Crippen molar-refractivity contribution in [3.05, 3.63) is 0 Å². The number of carbonyl (C=O) groups excluding carboxylic acids is 1. The molecule has 0 radical (unpaired) electrons. The van der Waals surface area contributed by atoms with Crippen LogP contribution in [0.2, 0.25) is 0 Å². The summed E-state index contributed by atoms with van der Waals surface area (Å²) >= 11 is 0. The van der Waals surface area contributed by atoms with Gasteiger partial charge in [0.05, 0.1) is 0 Å². The molecule has 3 heteroatoms. The summed E-state index contributed by atoms with van der Waals surface area (Å²) < 4.78 is 0. The molecule has 3 rings (SSSR count). The maximum absolute atomic E-state index is 12.5. The minimum absolute atomic E-state index is 0.164. The first-order valence-electron chi connectivity index (χ1n) is 9.18. The molecule has 0 aromatic rings. The minimum Gasteiger partial charge on any atom is -0.335 e. The fourth-order valence-corrected chi connectivity index (χ4v) is 5.12. The third-order valence-electron chi connectivity index (χ3n) is 6.48. The van der Waals surface area contributed by atoms with E-state index in [-0.39, 0.29) is 6.03 Å². The highest BCUT2D eigenvalue weighted by atomic mass is 16.2. The van der Waals surface area contributed by atoms with Gasteiger partial charge in [0.25, 0.3) is 0 Å². The number of rotatable bonds is 3. The Kier molecular flexibility index (Phi) is 4.75. The van der Waals surface area contributed by atoms with Crippen LogP contribution in [-0.2, 0) is 0 Å². The van der Waals surface area contributed by atoms with Crippen LogP contribution < -0.4 is 5.32 Å². The number of carbonyl (C=O) groups is 1. The quantitative estimate of drug-likeness (QED) is 0.778. The van der Waals surface area contributed by atoms with E-state index in [2.05, 4.69) is 12.2 Å². The van der Waals surface area contributed by atoms with Gasteiger partial charge in [-0.1, -0.05) is 32.1 Å². The molecule has 0 aromatic carbocycles. The maximum Gasteiger partial charge on any atom is 0.317 e. The van der Waals surface area contributed by atoms with E-state index in [9.17, 15) is 4.79 Å². The van der Waals surface area contributed by atoms with Crippen LogP contribution in [-0.4, -0.2) is 30.1 Å². The third kappa shape index (κ3) is 3.37. The number of nitrogens with one attached hydrogen (secondary N) is 1. The monoisotopic (exact) mass is 292 g/mol. The average Bonchev–Trinajstić information content (AvgIpc) is 3.01. The van der Waals surface area contributed by atoms with Gasteiger partial charge in [0.2, 0.25) is 0 Å². The summed E-state index contributed by atoms with van der Waals surface area (Å²) in [7, 11) is 2.00. The molecule has 3 aliphatic carbocycles. The molecule has 0 aromatic heterocycles. The Morgan fingerprint density at radius 2 is 1.76 bits per heavy atom. The molecule has 2 amide bonds. The second kappa shape index (κ2) is 6.58. The Hall–Kier alpha value is -0.730. The predicted octanol–water partition coefficient (Wildman–Crippen LogP) is 4.18. The lowest BCUT2D eigenvalue weighted by Gasteiger charge is -2.32. The molecule has 0 saturated heterocycles. The number of nitrogens with zero attached hydrogens (tertiary/aromatic N) is 1. The van der Waals surface area contributed by atoms with Crippen LogP contribution in [0.1, 0.15) is 71.1 Å². The first kappa shape index (κ1) is 15.2. The largest absolute Gasteiger partial charge is 0.335 e. The Morgan fingerprint density at radius 3 is 2.33 bits per heavy atom. The molecule has 0 heterocycles. The molecule has 120 valence electrons. The number of amides is 2.